The number of aromatic amines is 1. The predicted molar refractivity (Wildman–Crippen MR) is 35.7 cm³/mol. The Labute approximate surface area is 57.7 Å². The Morgan fingerprint density at radius 2 is 2.50 bits per heavy atom. The molecule has 0 radical (unpaired) electrons. The molecule has 2 N–H and O–H groups in total. The van der Waals surface area contributed by atoms with E-state index in [-0.39, 0.29) is 5.69 Å². The minimum atomic E-state index is -0.999. The van der Waals surface area contributed by atoms with Crippen LogP contribution in [0.25, 0.3) is 0 Å². The SMILES string of the molecule is C#Cc1c[nH]c(C(=O)O)c1. The number of aromatic nitrogens is 1. The van der Waals surface area contributed by atoms with Crippen LogP contribution in [-0.4, -0.2) is 16.1 Å². The Bertz CT molecular complexity index is 293. The normalized spacial score (nSPS) is 8.70. The molecule has 10 heavy (non-hydrogen) atoms. The van der Waals surface area contributed by atoms with Crippen molar-refractivity contribution in [2.24, 2.45) is 0 Å². The zero-order chi connectivity index (χ0) is 7.56. The van der Waals surface area contributed by atoms with Gasteiger partial charge in [-0.2, -0.15) is 0 Å². The first-order valence-corrected chi connectivity index (χ1v) is 2.62. The quantitative estimate of drug-likeness (QED) is 0.557. The molecule has 0 fully saturated rings. The number of carboxylic acids is 1. The number of terminal acetylenes is 1. The van der Waals surface area contributed by atoms with Gasteiger partial charge in [-0.15, -0.1) is 6.42 Å². The number of hydrogen-bond acceptors (Lipinski definition) is 1. The minimum absolute atomic E-state index is 0.118. The van der Waals surface area contributed by atoms with Gasteiger partial charge in [0, 0.05) is 11.8 Å². The smallest absolute Gasteiger partial charge is 0.352 e. The lowest BCUT2D eigenvalue weighted by atomic mass is 10.3. The van der Waals surface area contributed by atoms with Crippen molar-refractivity contribution in [3.8, 4) is 12.3 Å². The number of aromatic carboxylic acids is 1. The molecule has 1 aromatic rings. The molecule has 1 aromatic heterocycles. The average Bonchev–Trinajstić information content (AvgIpc) is 2.34. The highest BCUT2D eigenvalue weighted by molar-refractivity contribution is 5.85. The first-order chi connectivity index (χ1) is 4.74. The van der Waals surface area contributed by atoms with Crippen molar-refractivity contribution in [2.75, 3.05) is 0 Å². The molecule has 3 nitrogen and oxygen atoms in total. The summed E-state index contributed by atoms with van der Waals surface area (Å²) in [6.45, 7) is 0. The van der Waals surface area contributed by atoms with Gasteiger partial charge in [0.15, 0.2) is 0 Å². The molecule has 0 bridgehead atoms. The Hall–Kier alpha value is -1.69. The van der Waals surface area contributed by atoms with E-state index in [1.807, 2.05) is 0 Å². The highest BCUT2D eigenvalue weighted by Crippen LogP contribution is 2.00. The number of carboxylic acid groups (broad SMARTS) is 1. The molecule has 3 heteroatoms. The fraction of sp³-hybridized carbons (Fsp3) is 0. The number of rotatable bonds is 1. The molecule has 0 saturated heterocycles. The fourth-order valence-electron chi connectivity index (χ4n) is 0.601. The van der Waals surface area contributed by atoms with Gasteiger partial charge in [-0.3, -0.25) is 0 Å². The first kappa shape index (κ1) is 6.43. The largest absolute Gasteiger partial charge is 0.477 e. The lowest BCUT2D eigenvalue weighted by molar-refractivity contribution is 0.0691. The van der Waals surface area contributed by atoms with Gasteiger partial charge in [0.05, 0.1) is 0 Å². The summed E-state index contributed by atoms with van der Waals surface area (Å²) >= 11 is 0. The molecule has 0 aromatic carbocycles. The van der Waals surface area contributed by atoms with E-state index in [0.29, 0.717) is 5.56 Å². The van der Waals surface area contributed by atoms with Gasteiger partial charge in [0.1, 0.15) is 5.69 Å². The van der Waals surface area contributed by atoms with E-state index in [2.05, 4.69) is 10.9 Å². The number of nitrogens with one attached hydrogen (secondary N) is 1. The highest BCUT2D eigenvalue weighted by Gasteiger charge is 2.02. The Kier molecular flexibility index (Phi) is 1.46. The van der Waals surface area contributed by atoms with Crippen LogP contribution in [-0.2, 0) is 0 Å². The summed E-state index contributed by atoms with van der Waals surface area (Å²) < 4.78 is 0. The Balaban J connectivity index is 3.02. The van der Waals surface area contributed by atoms with Gasteiger partial charge >= 0.3 is 5.97 Å². The second kappa shape index (κ2) is 2.28. The molecule has 0 aliphatic rings. The van der Waals surface area contributed by atoms with Crippen LogP contribution in [0.1, 0.15) is 16.1 Å². The third-order valence-electron chi connectivity index (χ3n) is 1.08. The van der Waals surface area contributed by atoms with E-state index in [1.54, 1.807) is 0 Å². The minimum Gasteiger partial charge on any atom is -0.477 e. The van der Waals surface area contributed by atoms with E-state index in [0.717, 1.165) is 0 Å². The molecule has 0 aliphatic heterocycles. The maximum atomic E-state index is 10.2. The summed E-state index contributed by atoms with van der Waals surface area (Å²) in [5.74, 6) is 1.31. The standard InChI is InChI=1S/C7H5NO2/c1-2-5-3-6(7(9)10)8-4-5/h1,3-4,8H,(H,9,10). The van der Waals surface area contributed by atoms with Crippen molar-refractivity contribution in [2.45, 2.75) is 0 Å². The summed E-state index contributed by atoms with van der Waals surface area (Å²) in [6, 6.07) is 1.41. The van der Waals surface area contributed by atoms with Gasteiger partial charge in [0.25, 0.3) is 0 Å². The van der Waals surface area contributed by atoms with Crippen molar-refractivity contribution >= 4 is 5.97 Å². The van der Waals surface area contributed by atoms with Crippen molar-refractivity contribution < 1.29 is 9.90 Å². The topological polar surface area (TPSA) is 53.1 Å². The molecule has 1 heterocycles. The van der Waals surface area contributed by atoms with E-state index in [1.165, 1.54) is 12.3 Å². The van der Waals surface area contributed by atoms with Gasteiger partial charge in [0.2, 0.25) is 0 Å². The van der Waals surface area contributed by atoms with Gasteiger partial charge in [-0.05, 0) is 6.07 Å². The summed E-state index contributed by atoms with van der Waals surface area (Å²) in [5.41, 5.74) is 0.672. The van der Waals surface area contributed by atoms with Crippen LogP contribution in [0.3, 0.4) is 0 Å². The third-order valence-corrected chi connectivity index (χ3v) is 1.08. The molecule has 1 rings (SSSR count). The second-order valence-corrected chi connectivity index (χ2v) is 1.75. The first-order valence-electron chi connectivity index (χ1n) is 2.62. The van der Waals surface area contributed by atoms with E-state index >= 15 is 0 Å². The Morgan fingerprint density at radius 3 is 2.80 bits per heavy atom. The summed E-state index contributed by atoms with van der Waals surface area (Å²) in [4.78, 5) is 12.7. The summed E-state index contributed by atoms with van der Waals surface area (Å²) in [7, 11) is 0. The maximum absolute atomic E-state index is 10.2. The molecule has 0 spiro atoms. The van der Waals surface area contributed by atoms with Crippen molar-refractivity contribution in [1.29, 1.82) is 0 Å². The molecule has 0 unspecified atom stereocenters. The van der Waals surface area contributed by atoms with Crippen LogP contribution in [0, 0.1) is 12.3 Å². The third kappa shape index (κ3) is 1.00. The van der Waals surface area contributed by atoms with E-state index < -0.39 is 5.97 Å². The monoisotopic (exact) mass is 135 g/mol. The van der Waals surface area contributed by atoms with Crippen molar-refractivity contribution in [3.05, 3.63) is 23.5 Å². The zero-order valence-corrected chi connectivity index (χ0v) is 5.09. The number of H-pyrrole nitrogens is 1. The second-order valence-electron chi connectivity index (χ2n) is 1.75. The van der Waals surface area contributed by atoms with Crippen LogP contribution in [0.5, 0.6) is 0 Å². The van der Waals surface area contributed by atoms with Crippen molar-refractivity contribution in [3.63, 3.8) is 0 Å². The molecular formula is C7H5NO2. The zero-order valence-electron chi connectivity index (χ0n) is 5.09. The number of carbonyl (C=O) groups is 1. The molecule has 0 aliphatic carbocycles. The highest BCUT2D eigenvalue weighted by atomic mass is 16.4. The predicted octanol–water partition coefficient (Wildman–Crippen LogP) is 0.694. The van der Waals surface area contributed by atoms with E-state index in [9.17, 15) is 4.79 Å². The summed E-state index contributed by atoms with van der Waals surface area (Å²) in [5, 5.41) is 8.39. The van der Waals surface area contributed by atoms with Crippen LogP contribution >= 0.6 is 0 Å². The average molecular weight is 135 g/mol. The van der Waals surface area contributed by atoms with Crippen molar-refractivity contribution in [1.82, 2.24) is 4.98 Å². The van der Waals surface area contributed by atoms with Gasteiger partial charge in [-0.25, -0.2) is 4.79 Å². The maximum Gasteiger partial charge on any atom is 0.352 e. The lowest BCUT2D eigenvalue weighted by Crippen LogP contribution is -1.94. The summed E-state index contributed by atoms with van der Waals surface area (Å²) in [6.07, 6.45) is 6.48. The van der Waals surface area contributed by atoms with Crippen LogP contribution in [0.4, 0.5) is 0 Å². The Morgan fingerprint density at radius 1 is 1.80 bits per heavy atom. The molecule has 0 atom stereocenters. The van der Waals surface area contributed by atoms with Crippen LogP contribution < -0.4 is 0 Å². The van der Waals surface area contributed by atoms with Crippen LogP contribution in [0.15, 0.2) is 12.3 Å². The lowest BCUT2D eigenvalue weighted by Gasteiger charge is -1.81. The van der Waals surface area contributed by atoms with Crippen LogP contribution in [0.2, 0.25) is 0 Å². The molecule has 0 amide bonds. The van der Waals surface area contributed by atoms with E-state index in [4.69, 9.17) is 11.5 Å². The van der Waals surface area contributed by atoms with Gasteiger partial charge in [-0.1, -0.05) is 5.92 Å². The molecule has 50 valence electrons. The van der Waals surface area contributed by atoms with Gasteiger partial charge < -0.3 is 10.1 Å². The number of hydrogen-bond donors (Lipinski definition) is 2. The fourth-order valence-corrected chi connectivity index (χ4v) is 0.601. The molecule has 0 saturated carbocycles. The molecular weight excluding hydrogens is 130 g/mol.